The van der Waals surface area contributed by atoms with Crippen molar-refractivity contribution < 1.29 is 9.59 Å². The van der Waals surface area contributed by atoms with Gasteiger partial charge in [0.05, 0.1) is 4.20 Å². The third-order valence-electron chi connectivity index (χ3n) is 2.85. The van der Waals surface area contributed by atoms with Crippen LogP contribution in [0.5, 0.6) is 0 Å². The molecule has 0 aromatic carbocycles. The van der Waals surface area contributed by atoms with E-state index in [1.54, 1.807) is 11.2 Å². The Morgan fingerprint density at radius 2 is 2.05 bits per heavy atom. The van der Waals surface area contributed by atoms with Crippen molar-refractivity contribution in [3.8, 4) is 0 Å². The summed E-state index contributed by atoms with van der Waals surface area (Å²) < 4.78 is 0.900. The zero-order valence-corrected chi connectivity index (χ0v) is 12.4. The number of imide groups is 1. The number of carbonyl (C=O) groups excluding carboxylic acids is 2. The van der Waals surface area contributed by atoms with E-state index >= 15 is 0 Å². The van der Waals surface area contributed by atoms with Gasteiger partial charge in [-0.15, -0.1) is 0 Å². The molecule has 0 N–H and O–H groups in total. The van der Waals surface area contributed by atoms with Crippen LogP contribution in [-0.4, -0.2) is 31.4 Å². The van der Waals surface area contributed by atoms with E-state index in [0.717, 1.165) is 17.0 Å². The van der Waals surface area contributed by atoms with Crippen LogP contribution < -0.4 is 0 Å². The van der Waals surface area contributed by atoms with E-state index in [-0.39, 0.29) is 17.2 Å². The zero-order chi connectivity index (χ0) is 13.8. The molecule has 1 fully saturated rings. The monoisotopic (exact) mass is 296 g/mol. The van der Waals surface area contributed by atoms with Crippen LogP contribution in [0.15, 0.2) is 24.4 Å². The molecule has 2 rings (SSSR count). The molecule has 2 heterocycles. The van der Waals surface area contributed by atoms with Crippen LogP contribution in [0.25, 0.3) is 0 Å². The highest BCUT2D eigenvalue weighted by atomic mass is 32.2. The van der Waals surface area contributed by atoms with E-state index in [9.17, 15) is 9.59 Å². The number of thioether (sulfide) groups is 1. The van der Waals surface area contributed by atoms with Gasteiger partial charge >= 0.3 is 0 Å². The molecular weight excluding hydrogens is 280 g/mol. The van der Waals surface area contributed by atoms with Crippen molar-refractivity contribution >= 4 is 40.0 Å². The average Bonchev–Trinajstić information content (AvgIpc) is 2.70. The molecule has 0 spiro atoms. The molecule has 0 saturated carbocycles. The minimum Gasteiger partial charge on any atom is -0.273 e. The summed E-state index contributed by atoms with van der Waals surface area (Å²) in [7, 11) is 0. The van der Waals surface area contributed by atoms with Gasteiger partial charge in [-0.2, -0.15) is 5.01 Å². The molecule has 2 amide bonds. The summed E-state index contributed by atoms with van der Waals surface area (Å²) in [5.74, 6) is -0.283. The van der Waals surface area contributed by atoms with Crippen molar-refractivity contribution in [1.29, 1.82) is 0 Å². The van der Waals surface area contributed by atoms with Gasteiger partial charge in [-0.05, 0) is 18.6 Å². The molecular formula is C13H16N2O2S2. The number of hydrazine groups is 1. The standard InChI is InChI=1S/C13H16N2O2S2/c1-2-5-13(18)19-12-6-3-4-9-14(12)15-10(16)7-8-11(15)17/h3-4,6,9,12H,2,5,7-8H2,1H3. The number of rotatable bonds is 4. The predicted molar refractivity (Wildman–Crippen MR) is 80.1 cm³/mol. The van der Waals surface area contributed by atoms with Crippen molar-refractivity contribution in [3.05, 3.63) is 24.4 Å². The number of thiocarbonyl (C=S) groups is 1. The van der Waals surface area contributed by atoms with Crippen LogP contribution in [-0.2, 0) is 9.59 Å². The predicted octanol–water partition coefficient (Wildman–Crippen LogP) is 2.62. The molecule has 0 bridgehead atoms. The van der Waals surface area contributed by atoms with Crippen LogP contribution in [0.4, 0.5) is 0 Å². The Balaban J connectivity index is 2.11. The van der Waals surface area contributed by atoms with E-state index in [1.165, 1.54) is 16.8 Å². The minimum absolute atomic E-state index is 0.116. The Morgan fingerprint density at radius 1 is 1.37 bits per heavy atom. The maximum atomic E-state index is 11.8. The molecule has 1 unspecified atom stereocenters. The first-order valence-corrected chi connectivity index (χ1v) is 7.60. The number of allylic oxidation sites excluding steroid dienone is 2. The fraction of sp³-hybridized carbons (Fsp3) is 0.462. The van der Waals surface area contributed by atoms with Crippen LogP contribution in [0, 0.1) is 0 Å². The van der Waals surface area contributed by atoms with Crippen molar-refractivity contribution in [2.45, 2.75) is 38.0 Å². The Bertz CT molecular complexity index is 444. The summed E-state index contributed by atoms with van der Waals surface area (Å²) in [6.45, 7) is 2.08. The van der Waals surface area contributed by atoms with Crippen LogP contribution in [0.3, 0.4) is 0 Å². The molecule has 0 aromatic heterocycles. The van der Waals surface area contributed by atoms with Crippen molar-refractivity contribution in [1.82, 2.24) is 10.0 Å². The molecule has 102 valence electrons. The second-order valence-corrected chi connectivity index (χ2v) is 6.30. The summed E-state index contributed by atoms with van der Waals surface area (Å²) in [6.07, 6.45) is 9.89. The Labute approximate surface area is 122 Å². The van der Waals surface area contributed by atoms with Gasteiger partial charge in [0.15, 0.2) is 0 Å². The highest BCUT2D eigenvalue weighted by molar-refractivity contribution is 8.23. The Hall–Kier alpha value is -1.14. The third-order valence-corrected chi connectivity index (χ3v) is 4.42. The van der Waals surface area contributed by atoms with Gasteiger partial charge < -0.3 is 0 Å². The summed E-state index contributed by atoms with van der Waals surface area (Å²) >= 11 is 6.83. The lowest BCUT2D eigenvalue weighted by Crippen LogP contribution is -2.47. The first-order chi connectivity index (χ1) is 9.13. The molecule has 1 saturated heterocycles. The molecule has 2 aliphatic rings. The molecule has 1 atom stereocenters. The second kappa shape index (κ2) is 6.34. The summed E-state index contributed by atoms with van der Waals surface area (Å²) in [5, 5.41) is 2.81. The summed E-state index contributed by atoms with van der Waals surface area (Å²) in [4.78, 5) is 23.6. The average molecular weight is 296 g/mol. The third kappa shape index (κ3) is 3.25. The maximum absolute atomic E-state index is 11.8. The lowest BCUT2D eigenvalue weighted by molar-refractivity contribution is -0.152. The lowest BCUT2D eigenvalue weighted by atomic mass is 10.4. The molecule has 0 aromatic rings. The van der Waals surface area contributed by atoms with E-state index in [4.69, 9.17) is 12.2 Å². The number of hydrogen-bond donors (Lipinski definition) is 0. The van der Waals surface area contributed by atoms with Gasteiger partial charge in [0.2, 0.25) is 11.8 Å². The zero-order valence-electron chi connectivity index (χ0n) is 10.7. The fourth-order valence-corrected chi connectivity index (χ4v) is 3.50. The molecule has 4 nitrogen and oxygen atoms in total. The van der Waals surface area contributed by atoms with Crippen molar-refractivity contribution in [2.75, 3.05) is 0 Å². The number of amides is 2. The van der Waals surface area contributed by atoms with Gasteiger partial charge in [-0.1, -0.05) is 43.4 Å². The van der Waals surface area contributed by atoms with Crippen LogP contribution in [0.1, 0.15) is 32.6 Å². The minimum atomic E-state index is -0.142. The highest BCUT2D eigenvalue weighted by Crippen LogP contribution is 2.28. The lowest BCUT2D eigenvalue weighted by Gasteiger charge is -2.35. The van der Waals surface area contributed by atoms with Gasteiger partial charge in [-0.3, -0.25) is 14.6 Å². The van der Waals surface area contributed by atoms with E-state index in [2.05, 4.69) is 6.92 Å². The molecule has 0 aliphatic carbocycles. The van der Waals surface area contributed by atoms with Crippen molar-refractivity contribution in [3.63, 3.8) is 0 Å². The first kappa shape index (κ1) is 14.3. The topological polar surface area (TPSA) is 40.6 Å². The molecule has 2 aliphatic heterocycles. The van der Waals surface area contributed by atoms with Gasteiger partial charge in [0, 0.05) is 19.0 Å². The van der Waals surface area contributed by atoms with E-state index in [1.807, 2.05) is 18.2 Å². The molecule has 6 heteroatoms. The highest BCUT2D eigenvalue weighted by Gasteiger charge is 2.36. The van der Waals surface area contributed by atoms with Gasteiger partial charge in [0.1, 0.15) is 5.37 Å². The fourth-order valence-electron chi connectivity index (χ4n) is 1.96. The Morgan fingerprint density at radius 3 is 2.68 bits per heavy atom. The molecule has 0 radical (unpaired) electrons. The van der Waals surface area contributed by atoms with Crippen LogP contribution >= 0.6 is 24.0 Å². The quantitative estimate of drug-likeness (QED) is 0.589. The second-order valence-electron chi connectivity index (χ2n) is 4.34. The number of carbonyl (C=O) groups is 2. The first-order valence-electron chi connectivity index (χ1n) is 6.32. The normalized spacial score (nSPS) is 22.5. The largest absolute Gasteiger partial charge is 0.273 e. The summed E-state index contributed by atoms with van der Waals surface area (Å²) in [5.41, 5.74) is 0. The number of nitrogens with zero attached hydrogens (tertiary/aromatic N) is 2. The van der Waals surface area contributed by atoms with Gasteiger partial charge in [0.25, 0.3) is 0 Å². The van der Waals surface area contributed by atoms with Crippen LogP contribution in [0.2, 0.25) is 0 Å². The SMILES string of the molecule is CCCC(=S)SC1C=CC=CN1N1C(=O)CCC1=O. The molecule has 19 heavy (non-hydrogen) atoms. The van der Waals surface area contributed by atoms with E-state index < -0.39 is 0 Å². The van der Waals surface area contributed by atoms with Crippen molar-refractivity contribution in [2.24, 2.45) is 0 Å². The van der Waals surface area contributed by atoms with E-state index in [0.29, 0.717) is 12.8 Å². The Kier molecular flexibility index (Phi) is 4.76. The maximum Gasteiger partial charge on any atom is 0.248 e. The van der Waals surface area contributed by atoms with Gasteiger partial charge in [-0.25, -0.2) is 0 Å². The smallest absolute Gasteiger partial charge is 0.248 e. The summed E-state index contributed by atoms with van der Waals surface area (Å²) in [6, 6.07) is 0. The number of hydrogen-bond acceptors (Lipinski definition) is 5.